The summed E-state index contributed by atoms with van der Waals surface area (Å²) in [5.41, 5.74) is 4.74. The molecule has 1 aromatic heterocycles. The fourth-order valence-corrected chi connectivity index (χ4v) is 2.31. The van der Waals surface area contributed by atoms with E-state index >= 15 is 0 Å². The Morgan fingerprint density at radius 2 is 1.91 bits per heavy atom. The molecule has 0 unspecified atom stereocenters. The van der Waals surface area contributed by atoms with Crippen molar-refractivity contribution >= 4 is 23.2 Å². The van der Waals surface area contributed by atoms with Crippen molar-refractivity contribution in [1.29, 1.82) is 0 Å². The summed E-state index contributed by atoms with van der Waals surface area (Å²) in [7, 11) is 0. The van der Waals surface area contributed by atoms with Gasteiger partial charge in [0.2, 0.25) is 11.9 Å². The lowest BCUT2D eigenvalue weighted by Crippen LogP contribution is -2.06. The van der Waals surface area contributed by atoms with E-state index in [1.165, 1.54) is 6.92 Å². The topological polar surface area (TPSA) is 69.8 Å². The van der Waals surface area contributed by atoms with E-state index < -0.39 is 0 Å². The molecule has 0 spiro atoms. The van der Waals surface area contributed by atoms with Gasteiger partial charge in [-0.15, -0.1) is 0 Å². The van der Waals surface area contributed by atoms with Crippen LogP contribution in [-0.2, 0) is 4.79 Å². The van der Waals surface area contributed by atoms with Crippen LogP contribution >= 0.6 is 0 Å². The largest absolute Gasteiger partial charge is 0.326 e. The maximum Gasteiger partial charge on any atom is 0.221 e. The lowest BCUT2D eigenvalue weighted by molar-refractivity contribution is -0.114. The molecule has 2 aromatic carbocycles. The molecule has 0 aliphatic heterocycles. The van der Waals surface area contributed by atoms with E-state index in [0.717, 1.165) is 28.2 Å². The first kappa shape index (κ1) is 14.8. The zero-order chi connectivity index (χ0) is 16.2. The Labute approximate surface area is 134 Å². The Balaban J connectivity index is 1.82. The molecule has 116 valence electrons. The van der Waals surface area contributed by atoms with Gasteiger partial charge >= 0.3 is 0 Å². The summed E-state index contributed by atoms with van der Waals surface area (Å²) in [6.45, 7) is 3.49. The van der Waals surface area contributed by atoms with Crippen molar-refractivity contribution in [2.24, 2.45) is 0 Å². The van der Waals surface area contributed by atoms with Gasteiger partial charge in [-0.3, -0.25) is 4.79 Å². The van der Waals surface area contributed by atoms with Crippen LogP contribution in [-0.4, -0.2) is 15.9 Å². The fraction of sp³-hybridized carbons (Fsp3) is 0.111. The summed E-state index contributed by atoms with van der Waals surface area (Å²) in [5.74, 6) is 0.566. The number of anilines is 3. The molecule has 0 radical (unpaired) electrons. The number of imidazole rings is 1. The molecule has 5 heteroatoms. The van der Waals surface area contributed by atoms with Gasteiger partial charge in [-0.2, -0.15) is 0 Å². The molecule has 1 amide bonds. The Morgan fingerprint density at radius 1 is 1.13 bits per heavy atom. The van der Waals surface area contributed by atoms with Gasteiger partial charge < -0.3 is 15.6 Å². The Morgan fingerprint density at radius 3 is 2.65 bits per heavy atom. The number of nitrogens with one attached hydrogen (secondary N) is 3. The van der Waals surface area contributed by atoms with E-state index in [0.29, 0.717) is 5.95 Å². The molecule has 0 fully saturated rings. The molecule has 0 atom stereocenters. The van der Waals surface area contributed by atoms with E-state index in [4.69, 9.17) is 0 Å². The van der Waals surface area contributed by atoms with Gasteiger partial charge in [0, 0.05) is 18.3 Å². The highest BCUT2D eigenvalue weighted by atomic mass is 16.1. The second-order valence-corrected chi connectivity index (χ2v) is 5.35. The zero-order valence-corrected chi connectivity index (χ0v) is 13.1. The number of carbonyl (C=O) groups is 1. The van der Waals surface area contributed by atoms with Crippen LogP contribution in [0.2, 0.25) is 0 Å². The summed E-state index contributed by atoms with van der Waals surface area (Å²) < 4.78 is 0. The minimum Gasteiger partial charge on any atom is -0.326 e. The second-order valence-electron chi connectivity index (χ2n) is 5.35. The molecule has 0 saturated carbocycles. The summed E-state index contributed by atoms with van der Waals surface area (Å²) in [6, 6.07) is 15.7. The molecule has 5 nitrogen and oxygen atoms in total. The first-order chi connectivity index (χ1) is 11.1. The first-order valence-corrected chi connectivity index (χ1v) is 7.37. The number of aryl methyl sites for hydroxylation is 1. The smallest absolute Gasteiger partial charge is 0.221 e. The monoisotopic (exact) mass is 306 g/mol. The molecule has 1 heterocycles. The number of nitrogens with zero attached hydrogens (tertiary/aromatic N) is 1. The Kier molecular flexibility index (Phi) is 4.10. The molecule has 23 heavy (non-hydrogen) atoms. The summed E-state index contributed by atoms with van der Waals surface area (Å²) in [4.78, 5) is 18.8. The Hall–Kier alpha value is -3.08. The molecule has 0 saturated heterocycles. The third-order valence-corrected chi connectivity index (χ3v) is 3.47. The number of rotatable bonds is 4. The number of hydrogen-bond acceptors (Lipinski definition) is 3. The fourth-order valence-electron chi connectivity index (χ4n) is 2.31. The van der Waals surface area contributed by atoms with Crippen LogP contribution < -0.4 is 10.6 Å². The molecule has 0 aliphatic rings. The molecule has 3 aromatic rings. The Bertz CT molecular complexity index is 824. The molecule has 3 N–H and O–H groups in total. The van der Waals surface area contributed by atoms with Crippen LogP contribution in [0.5, 0.6) is 0 Å². The minimum atomic E-state index is -0.0934. The minimum absolute atomic E-state index is 0.0934. The number of hydrogen-bond donors (Lipinski definition) is 3. The van der Waals surface area contributed by atoms with E-state index in [1.807, 2.05) is 55.5 Å². The zero-order valence-electron chi connectivity index (χ0n) is 13.1. The van der Waals surface area contributed by atoms with Crippen LogP contribution in [0.15, 0.2) is 54.7 Å². The first-order valence-electron chi connectivity index (χ1n) is 7.37. The number of aromatic nitrogens is 2. The highest BCUT2D eigenvalue weighted by molar-refractivity contribution is 5.89. The van der Waals surface area contributed by atoms with Crippen molar-refractivity contribution in [3.05, 3.63) is 60.3 Å². The number of benzene rings is 2. The number of carbonyl (C=O) groups excluding carboxylic acids is 1. The van der Waals surface area contributed by atoms with Crippen LogP contribution in [0.1, 0.15) is 12.5 Å². The SMILES string of the molecule is CC(=O)Nc1ccc(C)c(Nc2ncc(-c3ccccc3)[nH]2)c1. The van der Waals surface area contributed by atoms with Crippen molar-refractivity contribution in [1.82, 2.24) is 9.97 Å². The molecule has 0 aliphatic carbocycles. The molecular formula is C18H18N4O. The van der Waals surface area contributed by atoms with Crippen molar-refractivity contribution < 1.29 is 4.79 Å². The second kappa shape index (κ2) is 6.36. The van der Waals surface area contributed by atoms with Crippen molar-refractivity contribution in [3.8, 4) is 11.3 Å². The van der Waals surface area contributed by atoms with Crippen LogP contribution in [0.4, 0.5) is 17.3 Å². The summed E-state index contributed by atoms with van der Waals surface area (Å²) >= 11 is 0. The van der Waals surface area contributed by atoms with Crippen molar-refractivity contribution in [2.45, 2.75) is 13.8 Å². The van der Waals surface area contributed by atoms with Crippen molar-refractivity contribution in [2.75, 3.05) is 10.6 Å². The van der Waals surface area contributed by atoms with Gasteiger partial charge in [-0.25, -0.2) is 4.98 Å². The highest BCUT2D eigenvalue weighted by Crippen LogP contribution is 2.24. The maximum absolute atomic E-state index is 11.2. The lowest BCUT2D eigenvalue weighted by atomic mass is 10.2. The summed E-state index contributed by atoms with van der Waals surface area (Å²) in [5, 5.41) is 6.04. The van der Waals surface area contributed by atoms with Crippen molar-refractivity contribution in [3.63, 3.8) is 0 Å². The van der Waals surface area contributed by atoms with Crippen LogP contribution in [0.3, 0.4) is 0 Å². The predicted octanol–water partition coefficient (Wildman–Crippen LogP) is 4.09. The van der Waals surface area contributed by atoms with Crippen LogP contribution in [0, 0.1) is 6.92 Å². The summed E-state index contributed by atoms with van der Waals surface area (Å²) in [6.07, 6.45) is 1.80. The third kappa shape index (κ3) is 3.58. The average Bonchev–Trinajstić information content (AvgIpc) is 3.00. The molecule has 0 bridgehead atoms. The standard InChI is InChI=1S/C18H18N4O/c1-12-8-9-15(20-13(2)23)10-16(12)21-18-19-11-17(22-18)14-6-4-3-5-7-14/h3-11H,1-2H3,(H,20,23)(H2,19,21,22). The normalized spacial score (nSPS) is 10.3. The average molecular weight is 306 g/mol. The number of H-pyrrole nitrogens is 1. The molecular weight excluding hydrogens is 288 g/mol. The lowest BCUT2D eigenvalue weighted by Gasteiger charge is -2.10. The van der Waals surface area contributed by atoms with Gasteiger partial charge in [-0.05, 0) is 30.2 Å². The highest BCUT2D eigenvalue weighted by Gasteiger charge is 2.06. The maximum atomic E-state index is 11.2. The van der Waals surface area contributed by atoms with Crippen LogP contribution in [0.25, 0.3) is 11.3 Å². The predicted molar refractivity (Wildman–Crippen MR) is 92.8 cm³/mol. The van der Waals surface area contributed by atoms with Gasteiger partial charge in [0.25, 0.3) is 0 Å². The molecule has 3 rings (SSSR count). The quantitative estimate of drug-likeness (QED) is 0.680. The van der Waals surface area contributed by atoms with Gasteiger partial charge in [0.15, 0.2) is 0 Å². The van der Waals surface area contributed by atoms with Gasteiger partial charge in [0.05, 0.1) is 11.9 Å². The van der Waals surface area contributed by atoms with Gasteiger partial charge in [0.1, 0.15) is 0 Å². The van der Waals surface area contributed by atoms with E-state index in [2.05, 4.69) is 20.6 Å². The van der Waals surface area contributed by atoms with E-state index in [-0.39, 0.29) is 5.91 Å². The third-order valence-electron chi connectivity index (χ3n) is 3.47. The van der Waals surface area contributed by atoms with E-state index in [9.17, 15) is 4.79 Å². The number of aromatic amines is 1. The van der Waals surface area contributed by atoms with Gasteiger partial charge in [-0.1, -0.05) is 36.4 Å². The number of amides is 1. The van der Waals surface area contributed by atoms with E-state index in [1.54, 1.807) is 6.20 Å².